The van der Waals surface area contributed by atoms with Crippen molar-refractivity contribution in [3.63, 3.8) is 0 Å². The van der Waals surface area contributed by atoms with Crippen molar-refractivity contribution < 1.29 is 4.79 Å². The van der Waals surface area contributed by atoms with E-state index in [9.17, 15) is 4.79 Å². The molecular formula is C19H21N5O. The van der Waals surface area contributed by atoms with Crippen molar-refractivity contribution in [3.05, 3.63) is 66.5 Å². The van der Waals surface area contributed by atoms with Crippen LogP contribution >= 0.6 is 0 Å². The molecule has 3 rings (SSSR count). The molecule has 2 aromatic heterocycles. The number of H-pyrrole nitrogens is 1. The van der Waals surface area contributed by atoms with E-state index < -0.39 is 0 Å². The molecule has 0 aliphatic rings. The van der Waals surface area contributed by atoms with Crippen LogP contribution in [-0.4, -0.2) is 39.1 Å². The maximum atomic E-state index is 12.4. The minimum Gasteiger partial charge on any atom is -0.309 e. The molecule has 0 unspecified atom stereocenters. The molecule has 2 heterocycles. The highest BCUT2D eigenvalue weighted by Gasteiger charge is 2.20. The third-order valence-electron chi connectivity index (χ3n) is 4.16. The topological polar surface area (TPSA) is 73.9 Å². The molecule has 6 nitrogen and oxygen atoms in total. The molecule has 0 saturated heterocycles. The zero-order chi connectivity index (χ0) is 17.6. The molecule has 0 spiro atoms. The number of carbonyl (C=O) groups is 1. The fraction of sp³-hybridized carbons (Fsp3) is 0.211. The molecule has 6 heteroatoms. The van der Waals surface area contributed by atoms with Gasteiger partial charge in [-0.25, -0.2) is 4.98 Å². The van der Waals surface area contributed by atoms with Crippen molar-refractivity contribution in [2.75, 3.05) is 12.4 Å². The Bertz CT molecular complexity index is 816. The number of likely N-dealkylation sites (N-methyl/N-ethyl adjacent to an activating group) is 1. The number of nitrogens with zero attached hydrogens (tertiary/aromatic N) is 3. The van der Waals surface area contributed by atoms with Gasteiger partial charge in [0.15, 0.2) is 0 Å². The number of pyridine rings is 1. The van der Waals surface area contributed by atoms with Crippen LogP contribution in [0.5, 0.6) is 0 Å². The summed E-state index contributed by atoms with van der Waals surface area (Å²) >= 11 is 0. The van der Waals surface area contributed by atoms with Crippen LogP contribution in [0.3, 0.4) is 0 Å². The van der Waals surface area contributed by atoms with E-state index in [4.69, 9.17) is 0 Å². The maximum Gasteiger partial charge on any atom is 0.242 e. The first-order valence-corrected chi connectivity index (χ1v) is 8.15. The number of aromatic amines is 1. The van der Waals surface area contributed by atoms with E-state index >= 15 is 0 Å². The first-order chi connectivity index (χ1) is 12.1. The molecule has 0 radical (unpaired) electrons. The number of carbonyl (C=O) groups excluding carboxylic acids is 1. The average molecular weight is 335 g/mol. The van der Waals surface area contributed by atoms with Crippen LogP contribution < -0.4 is 5.32 Å². The number of rotatable bonds is 6. The predicted octanol–water partition coefficient (Wildman–Crippen LogP) is 2.93. The molecule has 128 valence electrons. The maximum absolute atomic E-state index is 12.4. The second kappa shape index (κ2) is 7.72. The van der Waals surface area contributed by atoms with Gasteiger partial charge in [0, 0.05) is 18.3 Å². The van der Waals surface area contributed by atoms with Crippen molar-refractivity contribution in [2.45, 2.75) is 19.5 Å². The Morgan fingerprint density at radius 3 is 2.68 bits per heavy atom. The van der Waals surface area contributed by atoms with E-state index in [2.05, 4.69) is 20.5 Å². The number of amides is 1. The van der Waals surface area contributed by atoms with Gasteiger partial charge < -0.3 is 5.32 Å². The number of anilines is 1. The largest absolute Gasteiger partial charge is 0.309 e. The minimum atomic E-state index is -0.305. The lowest BCUT2D eigenvalue weighted by Gasteiger charge is -2.23. The summed E-state index contributed by atoms with van der Waals surface area (Å²) in [5, 5.41) is 10.0. The van der Waals surface area contributed by atoms with Crippen LogP contribution in [0, 0.1) is 0 Å². The van der Waals surface area contributed by atoms with E-state index in [-0.39, 0.29) is 11.9 Å². The molecule has 0 bridgehead atoms. The third-order valence-corrected chi connectivity index (χ3v) is 4.16. The van der Waals surface area contributed by atoms with Gasteiger partial charge in [-0.2, -0.15) is 5.10 Å². The van der Waals surface area contributed by atoms with Gasteiger partial charge in [0.05, 0.1) is 17.9 Å². The third kappa shape index (κ3) is 4.10. The predicted molar refractivity (Wildman–Crippen MR) is 97.8 cm³/mol. The molecule has 0 aliphatic heterocycles. The number of hydrogen-bond donors (Lipinski definition) is 2. The summed E-state index contributed by atoms with van der Waals surface area (Å²) < 4.78 is 0. The van der Waals surface area contributed by atoms with Crippen molar-refractivity contribution in [1.29, 1.82) is 0 Å². The summed E-state index contributed by atoms with van der Waals surface area (Å²) in [4.78, 5) is 18.5. The van der Waals surface area contributed by atoms with Crippen LogP contribution in [0.1, 0.15) is 12.5 Å². The van der Waals surface area contributed by atoms with Gasteiger partial charge in [-0.1, -0.05) is 36.4 Å². The highest BCUT2D eigenvalue weighted by molar-refractivity contribution is 5.93. The summed E-state index contributed by atoms with van der Waals surface area (Å²) in [6.45, 7) is 2.48. The monoisotopic (exact) mass is 335 g/mol. The Hall–Kier alpha value is -2.99. The lowest BCUT2D eigenvalue weighted by molar-refractivity contribution is -0.120. The van der Waals surface area contributed by atoms with Crippen LogP contribution in [0.4, 0.5) is 5.82 Å². The molecule has 3 aromatic rings. The normalized spacial score (nSPS) is 12.1. The van der Waals surface area contributed by atoms with Gasteiger partial charge in [0.25, 0.3) is 0 Å². The lowest BCUT2D eigenvalue weighted by Crippen LogP contribution is -2.39. The summed E-state index contributed by atoms with van der Waals surface area (Å²) in [7, 11) is 1.92. The second-order valence-corrected chi connectivity index (χ2v) is 5.93. The number of benzene rings is 1. The molecule has 0 fully saturated rings. The van der Waals surface area contributed by atoms with E-state index in [1.807, 2.05) is 67.5 Å². The molecular weight excluding hydrogens is 314 g/mol. The SMILES string of the molecule is C[C@@H](C(=O)Nc1ccccn1)N(C)Cc1cn[nH]c1-c1ccccc1. The van der Waals surface area contributed by atoms with E-state index in [0.29, 0.717) is 12.4 Å². The molecule has 25 heavy (non-hydrogen) atoms. The Labute approximate surface area is 146 Å². The van der Waals surface area contributed by atoms with Gasteiger partial charge in [-0.05, 0) is 31.7 Å². The zero-order valence-corrected chi connectivity index (χ0v) is 14.3. The summed E-state index contributed by atoms with van der Waals surface area (Å²) in [6, 6.07) is 15.2. The van der Waals surface area contributed by atoms with Crippen molar-refractivity contribution in [3.8, 4) is 11.3 Å². The highest BCUT2D eigenvalue weighted by Crippen LogP contribution is 2.22. The zero-order valence-electron chi connectivity index (χ0n) is 14.3. The van der Waals surface area contributed by atoms with Crippen molar-refractivity contribution in [1.82, 2.24) is 20.1 Å². The van der Waals surface area contributed by atoms with Gasteiger partial charge in [0.1, 0.15) is 5.82 Å². The summed E-state index contributed by atoms with van der Waals surface area (Å²) in [5.74, 6) is 0.465. The van der Waals surface area contributed by atoms with Gasteiger partial charge in [-0.3, -0.25) is 14.8 Å². The first kappa shape index (κ1) is 16.9. The highest BCUT2D eigenvalue weighted by atomic mass is 16.2. The van der Waals surface area contributed by atoms with Gasteiger partial charge in [-0.15, -0.1) is 0 Å². The summed E-state index contributed by atoms with van der Waals surface area (Å²) in [5.41, 5.74) is 3.10. The molecule has 1 amide bonds. The molecule has 1 aromatic carbocycles. The van der Waals surface area contributed by atoms with Gasteiger partial charge in [0.2, 0.25) is 5.91 Å². The number of nitrogens with one attached hydrogen (secondary N) is 2. The van der Waals surface area contributed by atoms with E-state index in [0.717, 1.165) is 16.8 Å². The number of aromatic nitrogens is 3. The van der Waals surface area contributed by atoms with Crippen molar-refractivity contribution in [2.24, 2.45) is 0 Å². The Morgan fingerprint density at radius 1 is 1.20 bits per heavy atom. The molecule has 0 aliphatic carbocycles. The fourth-order valence-electron chi connectivity index (χ4n) is 2.56. The van der Waals surface area contributed by atoms with Crippen LogP contribution in [0.2, 0.25) is 0 Å². The first-order valence-electron chi connectivity index (χ1n) is 8.15. The Balaban J connectivity index is 1.67. The number of hydrogen-bond acceptors (Lipinski definition) is 4. The van der Waals surface area contributed by atoms with Crippen LogP contribution in [-0.2, 0) is 11.3 Å². The fourth-order valence-corrected chi connectivity index (χ4v) is 2.56. The van der Waals surface area contributed by atoms with E-state index in [1.54, 1.807) is 12.3 Å². The molecule has 1 atom stereocenters. The standard InChI is InChI=1S/C19H21N5O/c1-14(19(25)22-17-10-6-7-11-20-17)24(2)13-16-12-21-23-18(16)15-8-4-3-5-9-15/h3-12,14H,13H2,1-2H3,(H,21,23)(H,20,22,25)/t14-/m0/s1. The van der Waals surface area contributed by atoms with Crippen LogP contribution in [0.25, 0.3) is 11.3 Å². The second-order valence-electron chi connectivity index (χ2n) is 5.93. The lowest BCUT2D eigenvalue weighted by atomic mass is 10.1. The molecule has 2 N–H and O–H groups in total. The van der Waals surface area contributed by atoms with Gasteiger partial charge >= 0.3 is 0 Å². The molecule has 0 saturated carbocycles. The quantitative estimate of drug-likeness (QED) is 0.726. The van der Waals surface area contributed by atoms with Crippen molar-refractivity contribution >= 4 is 11.7 Å². The smallest absolute Gasteiger partial charge is 0.242 e. The van der Waals surface area contributed by atoms with Crippen LogP contribution in [0.15, 0.2) is 60.9 Å². The minimum absolute atomic E-state index is 0.0917. The Kier molecular flexibility index (Phi) is 5.20. The Morgan fingerprint density at radius 2 is 1.96 bits per heavy atom. The average Bonchev–Trinajstić information content (AvgIpc) is 3.10. The van der Waals surface area contributed by atoms with E-state index in [1.165, 1.54) is 0 Å². The summed E-state index contributed by atoms with van der Waals surface area (Å²) in [6.07, 6.45) is 3.46.